The molecule has 0 aromatic carbocycles. The number of rotatable bonds is 6. The van der Waals surface area contributed by atoms with E-state index in [0.29, 0.717) is 4.99 Å². The second kappa shape index (κ2) is 6.40. The number of nitrogens with two attached hydrogens (primary N) is 1. The van der Waals surface area contributed by atoms with E-state index in [-0.39, 0.29) is 6.61 Å². The minimum absolute atomic E-state index is 0.186. The molecule has 1 rings (SSSR count). The SMILES string of the molecule is CCN(CCCO)c1cc(C(N)=S)ccn1. The van der Waals surface area contributed by atoms with Crippen LogP contribution in [-0.2, 0) is 0 Å². The summed E-state index contributed by atoms with van der Waals surface area (Å²) in [4.78, 5) is 6.73. The standard InChI is InChI=1S/C11H17N3OS/c1-2-14(6-3-7-15)10-8-9(11(12)16)4-5-13-10/h4-5,8,15H,2-3,6-7H2,1H3,(H2,12,16). The Kier molecular flexibility index (Phi) is 5.14. The summed E-state index contributed by atoms with van der Waals surface area (Å²) >= 11 is 4.92. The fourth-order valence-electron chi connectivity index (χ4n) is 1.44. The summed E-state index contributed by atoms with van der Waals surface area (Å²) in [5.74, 6) is 0.848. The number of aliphatic hydroxyl groups excluding tert-OH is 1. The summed E-state index contributed by atoms with van der Waals surface area (Å²) in [6.45, 7) is 3.85. The maximum absolute atomic E-state index is 8.81. The highest BCUT2D eigenvalue weighted by molar-refractivity contribution is 7.80. The largest absolute Gasteiger partial charge is 0.396 e. The molecule has 1 aromatic heterocycles. The van der Waals surface area contributed by atoms with Crippen molar-refractivity contribution in [1.29, 1.82) is 0 Å². The van der Waals surface area contributed by atoms with Crippen LogP contribution in [-0.4, -0.2) is 34.8 Å². The van der Waals surface area contributed by atoms with Gasteiger partial charge in [-0.25, -0.2) is 4.98 Å². The van der Waals surface area contributed by atoms with Crippen molar-refractivity contribution in [2.45, 2.75) is 13.3 Å². The van der Waals surface area contributed by atoms with Gasteiger partial charge in [-0.05, 0) is 25.5 Å². The molecule has 0 atom stereocenters. The van der Waals surface area contributed by atoms with Crippen LogP contribution >= 0.6 is 12.2 Å². The molecule has 0 aliphatic rings. The summed E-state index contributed by atoms with van der Waals surface area (Å²) in [6, 6.07) is 3.68. The van der Waals surface area contributed by atoms with Crippen LogP contribution in [0, 0.1) is 0 Å². The highest BCUT2D eigenvalue weighted by Crippen LogP contribution is 2.12. The lowest BCUT2D eigenvalue weighted by Crippen LogP contribution is -2.26. The van der Waals surface area contributed by atoms with Crippen molar-refractivity contribution < 1.29 is 5.11 Å². The second-order valence-corrected chi connectivity index (χ2v) is 3.86. The van der Waals surface area contributed by atoms with Gasteiger partial charge in [-0.2, -0.15) is 0 Å². The van der Waals surface area contributed by atoms with E-state index < -0.39 is 0 Å². The van der Waals surface area contributed by atoms with Crippen LogP contribution in [0.15, 0.2) is 18.3 Å². The van der Waals surface area contributed by atoms with E-state index in [1.807, 2.05) is 13.0 Å². The molecule has 0 bridgehead atoms. The summed E-state index contributed by atoms with van der Waals surface area (Å²) in [5, 5.41) is 8.81. The van der Waals surface area contributed by atoms with Crippen LogP contribution in [0.3, 0.4) is 0 Å². The third kappa shape index (κ3) is 3.43. The first-order chi connectivity index (χ1) is 7.69. The summed E-state index contributed by atoms with van der Waals surface area (Å²) < 4.78 is 0. The molecule has 5 heteroatoms. The molecule has 4 nitrogen and oxygen atoms in total. The van der Waals surface area contributed by atoms with E-state index in [9.17, 15) is 0 Å². The fraction of sp³-hybridized carbons (Fsp3) is 0.455. The zero-order valence-corrected chi connectivity index (χ0v) is 10.2. The van der Waals surface area contributed by atoms with E-state index in [2.05, 4.69) is 9.88 Å². The molecule has 0 fully saturated rings. The average Bonchev–Trinajstić information content (AvgIpc) is 2.30. The minimum atomic E-state index is 0.186. The Morgan fingerprint density at radius 3 is 2.94 bits per heavy atom. The van der Waals surface area contributed by atoms with Gasteiger partial charge in [0.1, 0.15) is 10.8 Å². The highest BCUT2D eigenvalue weighted by atomic mass is 32.1. The molecule has 0 aliphatic heterocycles. The van der Waals surface area contributed by atoms with Crippen molar-refractivity contribution in [2.75, 3.05) is 24.6 Å². The molecule has 0 radical (unpaired) electrons. The van der Waals surface area contributed by atoms with E-state index in [0.717, 1.165) is 30.9 Å². The van der Waals surface area contributed by atoms with Gasteiger partial charge in [0.25, 0.3) is 0 Å². The number of thiocarbonyl (C=S) groups is 1. The van der Waals surface area contributed by atoms with Gasteiger partial charge in [-0.1, -0.05) is 12.2 Å². The van der Waals surface area contributed by atoms with Gasteiger partial charge in [-0.15, -0.1) is 0 Å². The molecule has 0 aliphatic carbocycles. The molecule has 0 unspecified atom stereocenters. The maximum atomic E-state index is 8.81. The van der Waals surface area contributed by atoms with Gasteiger partial charge in [0.2, 0.25) is 0 Å². The maximum Gasteiger partial charge on any atom is 0.129 e. The first-order valence-electron chi connectivity index (χ1n) is 5.30. The molecule has 0 amide bonds. The van der Waals surface area contributed by atoms with Crippen molar-refractivity contribution in [3.63, 3.8) is 0 Å². The van der Waals surface area contributed by atoms with Crippen molar-refractivity contribution in [2.24, 2.45) is 5.73 Å². The van der Waals surface area contributed by atoms with E-state index in [1.165, 1.54) is 0 Å². The van der Waals surface area contributed by atoms with Gasteiger partial charge in [-0.3, -0.25) is 0 Å². The molecule has 1 heterocycles. The molecule has 0 saturated carbocycles. The van der Waals surface area contributed by atoms with Gasteiger partial charge in [0, 0.05) is 31.5 Å². The van der Waals surface area contributed by atoms with Crippen LogP contribution < -0.4 is 10.6 Å². The minimum Gasteiger partial charge on any atom is -0.396 e. The molecule has 16 heavy (non-hydrogen) atoms. The first kappa shape index (κ1) is 12.9. The Labute approximate surface area is 101 Å². The van der Waals surface area contributed by atoms with Crippen molar-refractivity contribution in [3.05, 3.63) is 23.9 Å². The number of pyridine rings is 1. The zero-order chi connectivity index (χ0) is 12.0. The van der Waals surface area contributed by atoms with E-state index in [4.69, 9.17) is 23.1 Å². The summed E-state index contributed by atoms with van der Waals surface area (Å²) in [5.41, 5.74) is 6.39. The van der Waals surface area contributed by atoms with Crippen LogP contribution in [0.2, 0.25) is 0 Å². The molecule has 0 spiro atoms. The Bertz CT molecular complexity index is 357. The van der Waals surface area contributed by atoms with Crippen LogP contribution in [0.5, 0.6) is 0 Å². The quantitative estimate of drug-likeness (QED) is 0.723. The number of nitrogens with zero attached hydrogens (tertiary/aromatic N) is 2. The molecule has 88 valence electrons. The van der Waals surface area contributed by atoms with Gasteiger partial charge >= 0.3 is 0 Å². The fourth-order valence-corrected chi connectivity index (χ4v) is 1.57. The topological polar surface area (TPSA) is 62.4 Å². The van der Waals surface area contributed by atoms with Gasteiger partial charge < -0.3 is 15.7 Å². The molecular formula is C11H17N3OS. The Balaban J connectivity index is 2.83. The van der Waals surface area contributed by atoms with Crippen LogP contribution in [0.1, 0.15) is 18.9 Å². The Morgan fingerprint density at radius 1 is 1.62 bits per heavy atom. The predicted octanol–water partition coefficient (Wildman–Crippen LogP) is 0.925. The molecule has 3 N–H and O–H groups in total. The average molecular weight is 239 g/mol. The van der Waals surface area contributed by atoms with Crippen molar-refractivity contribution >= 4 is 23.0 Å². The number of aliphatic hydroxyl groups is 1. The summed E-state index contributed by atoms with van der Waals surface area (Å²) in [6.07, 6.45) is 2.43. The summed E-state index contributed by atoms with van der Waals surface area (Å²) in [7, 11) is 0. The third-order valence-corrected chi connectivity index (χ3v) is 2.56. The van der Waals surface area contributed by atoms with Gasteiger partial charge in [0.15, 0.2) is 0 Å². The lowest BCUT2D eigenvalue weighted by atomic mass is 10.2. The smallest absolute Gasteiger partial charge is 0.129 e. The number of hydrogen-bond donors (Lipinski definition) is 2. The normalized spacial score (nSPS) is 10.1. The lowest BCUT2D eigenvalue weighted by molar-refractivity contribution is 0.289. The van der Waals surface area contributed by atoms with Crippen molar-refractivity contribution in [1.82, 2.24) is 4.98 Å². The van der Waals surface area contributed by atoms with Crippen LogP contribution in [0.4, 0.5) is 5.82 Å². The zero-order valence-electron chi connectivity index (χ0n) is 9.39. The Morgan fingerprint density at radius 2 is 2.38 bits per heavy atom. The van der Waals surface area contributed by atoms with E-state index in [1.54, 1.807) is 12.3 Å². The predicted molar refractivity (Wildman–Crippen MR) is 69.7 cm³/mol. The number of anilines is 1. The van der Waals surface area contributed by atoms with E-state index >= 15 is 0 Å². The number of hydrogen-bond acceptors (Lipinski definition) is 4. The lowest BCUT2D eigenvalue weighted by Gasteiger charge is -2.21. The highest BCUT2D eigenvalue weighted by Gasteiger charge is 2.06. The third-order valence-electron chi connectivity index (χ3n) is 2.32. The molecule has 0 saturated heterocycles. The van der Waals surface area contributed by atoms with Crippen molar-refractivity contribution in [3.8, 4) is 0 Å². The molecule has 1 aromatic rings. The first-order valence-corrected chi connectivity index (χ1v) is 5.71. The monoisotopic (exact) mass is 239 g/mol. The Hall–Kier alpha value is -1.20. The molecular weight excluding hydrogens is 222 g/mol. The van der Waals surface area contributed by atoms with Gasteiger partial charge in [0.05, 0.1) is 0 Å². The number of aromatic nitrogens is 1. The van der Waals surface area contributed by atoms with Crippen LogP contribution in [0.25, 0.3) is 0 Å². The second-order valence-electron chi connectivity index (χ2n) is 3.42.